The molecule has 3 aromatic heterocycles. The van der Waals surface area contributed by atoms with Gasteiger partial charge in [-0.25, -0.2) is 4.98 Å². The van der Waals surface area contributed by atoms with Gasteiger partial charge >= 0.3 is 0 Å². The number of pyridine rings is 1. The Hall–Kier alpha value is -5.19. The van der Waals surface area contributed by atoms with Crippen molar-refractivity contribution in [1.82, 2.24) is 30.0 Å². The van der Waals surface area contributed by atoms with E-state index in [0.717, 1.165) is 16.5 Å². The fraction of sp³-hybridized carbons (Fsp3) is 0.281. The molecule has 220 valence electrons. The molecule has 0 unspecified atom stereocenters. The molecule has 0 aliphatic carbocycles. The second-order valence-corrected chi connectivity index (χ2v) is 11.3. The van der Waals surface area contributed by atoms with E-state index in [0.29, 0.717) is 17.1 Å². The quantitative estimate of drug-likeness (QED) is 0.245. The minimum atomic E-state index is -0.988. The van der Waals surface area contributed by atoms with Crippen molar-refractivity contribution in [2.75, 3.05) is 5.73 Å². The molecule has 3 N–H and O–H groups in total. The second kappa shape index (κ2) is 11.6. The number of nitrogens with two attached hydrogens (primary N) is 1. The summed E-state index contributed by atoms with van der Waals surface area (Å²) in [7, 11) is 0. The molecule has 0 aliphatic rings. The average Bonchev–Trinajstić information content (AvgIpc) is 3.51. The van der Waals surface area contributed by atoms with Crippen molar-refractivity contribution in [2.45, 2.75) is 52.6 Å². The number of Topliss-reactive ketones (excluding diaryl/α,β-unsaturated/α-hetero) is 1. The standard InChI is InChI=1S/C32H33N7O4/c1-18(2)26(36-24(40)17-39-28(20-11-7-6-8-12-20)35-19(3)25(33)30(39)42)27(41)29-37-38-31(43-29)32(4,5)22-15-21-13-9-10-14-23(21)34-16-22/h6-16,18,26H,17,33H2,1-5H3,(H,36,40)/t26-/m1/s1. The zero-order chi connectivity index (χ0) is 30.9. The maximum Gasteiger partial charge on any atom is 0.286 e. The Morgan fingerprint density at radius 2 is 1.74 bits per heavy atom. The molecule has 5 rings (SSSR count). The number of rotatable bonds is 9. The van der Waals surface area contributed by atoms with Gasteiger partial charge in [-0.2, -0.15) is 0 Å². The summed E-state index contributed by atoms with van der Waals surface area (Å²) < 4.78 is 7.11. The van der Waals surface area contributed by atoms with E-state index in [1.165, 1.54) is 4.57 Å². The third-order valence-electron chi connectivity index (χ3n) is 7.48. The lowest BCUT2D eigenvalue weighted by atomic mass is 9.85. The number of nitrogen functional groups attached to an aromatic ring is 1. The summed E-state index contributed by atoms with van der Waals surface area (Å²) in [5.41, 5.74) is 7.36. The summed E-state index contributed by atoms with van der Waals surface area (Å²) in [5, 5.41) is 11.9. The number of anilines is 1. The van der Waals surface area contributed by atoms with Crippen LogP contribution in [0.15, 0.2) is 76.1 Å². The van der Waals surface area contributed by atoms with Crippen LogP contribution in [-0.2, 0) is 16.8 Å². The number of para-hydroxylation sites is 1. The van der Waals surface area contributed by atoms with Crippen molar-refractivity contribution >= 4 is 28.3 Å². The fourth-order valence-electron chi connectivity index (χ4n) is 4.77. The highest BCUT2D eigenvalue weighted by atomic mass is 16.4. The van der Waals surface area contributed by atoms with E-state index in [2.05, 4.69) is 25.5 Å². The van der Waals surface area contributed by atoms with E-state index in [9.17, 15) is 14.4 Å². The number of fused-ring (bicyclic) bond motifs is 1. The number of ketones is 1. The normalized spacial score (nSPS) is 12.4. The van der Waals surface area contributed by atoms with E-state index >= 15 is 0 Å². The first kappa shape index (κ1) is 29.3. The average molecular weight is 580 g/mol. The molecule has 0 spiro atoms. The first-order valence-electron chi connectivity index (χ1n) is 13.9. The van der Waals surface area contributed by atoms with Crippen LogP contribution in [0.25, 0.3) is 22.3 Å². The molecule has 5 aromatic rings. The van der Waals surface area contributed by atoms with Crippen molar-refractivity contribution in [2.24, 2.45) is 5.92 Å². The fourth-order valence-corrected chi connectivity index (χ4v) is 4.77. The SMILES string of the molecule is Cc1nc(-c2ccccc2)n(CC(=O)N[C@@H](C(=O)c2nnc(C(C)(C)c3cnc4ccccc4c3)o2)C(C)C)c(=O)c1N. The molecule has 3 heterocycles. The highest BCUT2D eigenvalue weighted by molar-refractivity contribution is 5.98. The number of aromatic nitrogens is 5. The van der Waals surface area contributed by atoms with Crippen molar-refractivity contribution in [1.29, 1.82) is 0 Å². The van der Waals surface area contributed by atoms with Gasteiger partial charge in [0.2, 0.25) is 17.6 Å². The summed E-state index contributed by atoms with van der Waals surface area (Å²) in [6.45, 7) is 8.64. The molecule has 43 heavy (non-hydrogen) atoms. The van der Waals surface area contributed by atoms with Crippen LogP contribution in [0.3, 0.4) is 0 Å². The predicted molar refractivity (Wildman–Crippen MR) is 162 cm³/mol. The number of nitrogens with zero attached hydrogens (tertiary/aromatic N) is 5. The minimum absolute atomic E-state index is 0.0495. The number of nitrogens with one attached hydrogen (secondary N) is 1. The van der Waals surface area contributed by atoms with Crippen LogP contribution in [0.2, 0.25) is 0 Å². The molecular weight excluding hydrogens is 546 g/mol. The van der Waals surface area contributed by atoms with E-state index in [1.54, 1.807) is 39.1 Å². The highest BCUT2D eigenvalue weighted by Gasteiger charge is 2.34. The number of carbonyl (C=O) groups is 2. The van der Waals surface area contributed by atoms with Crippen LogP contribution in [0.1, 0.15) is 55.5 Å². The highest BCUT2D eigenvalue weighted by Crippen LogP contribution is 2.32. The van der Waals surface area contributed by atoms with E-state index in [-0.39, 0.29) is 23.4 Å². The third kappa shape index (κ3) is 5.78. The Morgan fingerprint density at radius 1 is 1.05 bits per heavy atom. The van der Waals surface area contributed by atoms with Crippen LogP contribution in [-0.4, -0.2) is 42.5 Å². The number of hydrogen-bond donors (Lipinski definition) is 2. The Balaban J connectivity index is 1.38. The number of amides is 1. The first-order chi connectivity index (χ1) is 20.5. The third-order valence-corrected chi connectivity index (χ3v) is 7.48. The van der Waals surface area contributed by atoms with Gasteiger partial charge in [0.1, 0.15) is 18.1 Å². The van der Waals surface area contributed by atoms with Crippen LogP contribution in [0.5, 0.6) is 0 Å². The summed E-state index contributed by atoms with van der Waals surface area (Å²) in [5.74, 6) is -1.12. The maximum absolute atomic E-state index is 13.6. The number of aryl methyl sites for hydroxylation is 1. The maximum atomic E-state index is 13.6. The van der Waals surface area contributed by atoms with Gasteiger partial charge in [-0.1, -0.05) is 62.4 Å². The van der Waals surface area contributed by atoms with Gasteiger partial charge in [-0.05, 0) is 44.4 Å². The monoisotopic (exact) mass is 579 g/mol. The molecule has 0 bridgehead atoms. The number of carbonyl (C=O) groups excluding carboxylic acids is 2. The summed E-state index contributed by atoms with van der Waals surface area (Å²) >= 11 is 0. The Morgan fingerprint density at radius 3 is 2.47 bits per heavy atom. The van der Waals surface area contributed by atoms with Crippen molar-refractivity contribution in [3.63, 3.8) is 0 Å². The molecule has 1 amide bonds. The predicted octanol–water partition coefficient (Wildman–Crippen LogP) is 4.08. The molecule has 1 atom stereocenters. The molecule has 0 fully saturated rings. The van der Waals surface area contributed by atoms with Gasteiger partial charge in [-0.15, -0.1) is 10.2 Å². The first-order valence-corrected chi connectivity index (χ1v) is 13.9. The molecule has 2 aromatic carbocycles. The molecule has 0 saturated carbocycles. The lowest BCUT2D eigenvalue weighted by molar-refractivity contribution is -0.122. The largest absolute Gasteiger partial charge is 0.417 e. The molecule has 0 saturated heterocycles. The summed E-state index contributed by atoms with van der Waals surface area (Å²) in [4.78, 5) is 48.9. The smallest absolute Gasteiger partial charge is 0.286 e. The zero-order valence-electron chi connectivity index (χ0n) is 24.7. The molecule has 0 radical (unpaired) electrons. The van der Waals surface area contributed by atoms with E-state index in [1.807, 2.05) is 62.4 Å². The van der Waals surface area contributed by atoms with Gasteiger partial charge in [0.25, 0.3) is 11.4 Å². The Bertz CT molecular complexity index is 1880. The second-order valence-electron chi connectivity index (χ2n) is 11.3. The topological polar surface area (TPSA) is 159 Å². The zero-order valence-corrected chi connectivity index (χ0v) is 24.7. The lowest BCUT2D eigenvalue weighted by Crippen LogP contribution is -2.46. The number of hydrogen-bond acceptors (Lipinski definition) is 9. The summed E-state index contributed by atoms with van der Waals surface area (Å²) in [6.07, 6.45) is 1.75. The van der Waals surface area contributed by atoms with Gasteiger partial charge in [-0.3, -0.25) is 23.9 Å². The van der Waals surface area contributed by atoms with Crippen molar-refractivity contribution in [3.8, 4) is 11.4 Å². The lowest BCUT2D eigenvalue weighted by Gasteiger charge is -2.22. The van der Waals surface area contributed by atoms with Gasteiger partial charge in [0.05, 0.1) is 22.7 Å². The Kier molecular flexibility index (Phi) is 7.90. The van der Waals surface area contributed by atoms with Crippen LogP contribution in [0.4, 0.5) is 5.69 Å². The van der Waals surface area contributed by atoms with Crippen molar-refractivity contribution < 1.29 is 14.0 Å². The van der Waals surface area contributed by atoms with Crippen molar-refractivity contribution in [3.05, 3.63) is 100 Å². The van der Waals surface area contributed by atoms with Crippen LogP contribution in [0, 0.1) is 12.8 Å². The summed E-state index contributed by atoms with van der Waals surface area (Å²) in [6, 6.07) is 17.8. The van der Waals surface area contributed by atoms with E-state index in [4.69, 9.17) is 10.2 Å². The molecule has 11 heteroatoms. The van der Waals surface area contributed by atoms with Crippen LogP contribution < -0.4 is 16.6 Å². The van der Waals surface area contributed by atoms with Gasteiger partial charge in [0, 0.05) is 17.1 Å². The molecule has 0 aliphatic heterocycles. The van der Waals surface area contributed by atoms with Gasteiger partial charge < -0.3 is 15.5 Å². The Labute approximate surface area is 248 Å². The number of benzene rings is 2. The molecule has 11 nitrogen and oxygen atoms in total. The van der Waals surface area contributed by atoms with E-state index < -0.39 is 35.3 Å². The minimum Gasteiger partial charge on any atom is -0.417 e. The van der Waals surface area contributed by atoms with Gasteiger partial charge in [0.15, 0.2) is 0 Å². The molecular formula is C32H33N7O4. The van der Waals surface area contributed by atoms with Crippen LogP contribution >= 0.6 is 0 Å².